The fraction of sp³-hybridized carbons (Fsp3) is 0.833. The van der Waals surface area contributed by atoms with Gasteiger partial charge in [-0.2, -0.15) is 0 Å². The lowest BCUT2D eigenvalue weighted by molar-refractivity contribution is -0.118. The number of hydrogen-bond acceptors (Lipinski definition) is 3. The summed E-state index contributed by atoms with van der Waals surface area (Å²) in [5.74, 6) is 0.310. The third-order valence-electron chi connectivity index (χ3n) is 3.36. The molecule has 2 aliphatic carbocycles. The van der Waals surface area contributed by atoms with Gasteiger partial charge in [0.05, 0.1) is 12.1 Å². The fourth-order valence-electron chi connectivity index (χ4n) is 2.48. The van der Waals surface area contributed by atoms with Crippen LogP contribution in [-0.4, -0.2) is 28.7 Å². The molecule has 0 aromatic heterocycles. The lowest BCUT2D eigenvalue weighted by Gasteiger charge is -2.26. The van der Waals surface area contributed by atoms with E-state index >= 15 is 0 Å². The molecule has 0 heterocycles. The molecule has 2 rings (SSSR count). The Balaban J connectivity index is 1.97. The number of carbonyl (C=O) groups is 1. The molecule has 1 N–H and O–H groups in total. The molecule has 15 heavy (non-hydrogen) atoms. The van der Waals surface area contributed by atoms with Crippen molar-refractivity contribution in [2.24, 2.45) is 4.99 Å². The second kappa shape index (κ2) is 4.88. The van der Waals surface area contributed by atoms with E-state index < -0.39 is 0 Å². The van der Waals surface area contributed by atoms with Gasteiger partial charge in [0.1, 0.15) is 5.78 Å². The first kappa shape index (κ1) is 10.8. The average Bonchev–Trinajstić information content (AvgIpc) is 2.22. The Hall–Kier alpha value is -0.700. The van der Waals surface area contributed by atoms with Crippen molar-refractivity contribution >= 4 is 11.5 Å². The minimum absolute atomic E-state index is 0.0691. The van der Waals surface area contributed by atoms with Crippen LogP contribution in [0.1, 0.15) is 51.4 Å². The number of Topliss-reactive ketones (excluding diaryl/α,β-unsaturated/α-hetero) is 1. The molecule has 2 aliphatic rings. The van der Waals surface area contributed by atoms with Crippen LogP contribution in [0.3, 0.4) is 0 Å². The van der Waals surface area contributed by atoms with Crippen molar-refractivity contribution in [3.63, 3.8) is 0 Å². The summed E-state index contributed by atoms with van der Waals surface area (Å²) >= 11 is 0. The highest BCUT2D eigenvalue weighted by Crippen LogP contribution is 2.23. The van der Waals surface area contributed by atoms with Gasteiger partial charge < -0.3 is 5.11 Å². The van der Waals surface area contributed by atoms with Gasteiger partial charge >= 0.3 is 0 Å². The number of aliphatic imine (C=N–C) groups is 1. The Bertz CT molecular complexity index is 273. The molecule has 3 heteroatoms. The van der Waals surface area contributed by atoms with Gasteiger partial charge in [0.15, 0.2) is 0 Å². The summed E-state index contributed by atoms with van der Waals surface area (Å²) in [7, 11) is 0. The summed E-state index contributed by atoms with van der Waals surface area (Å²) in [5.41, 5.74) is 1.03. The zero-order chi connectivity index (χ0) is 10.7. The Labute approximate surface area is 90.6 Å². The predicted molar refractivity (Wildman–Crippen MR) is 59.2 cm³/mol. The van der Waals surface area contributed by atoms with E-state index in [1.807, 2.05) is 0 Å². The molecule has 0 spiro atoms. The third-order valence-corrected chi connectivity index (χ3v) is 3.36. The summed E-state index contributed by atoms with van der Waals surface area (Å²) in [6.07, 6.45) is 7.00. The maximum atomic E-state index is 11.3. The van der Waals surface area contributed by atoms with E-state index in [0.29, 0.717) is 18.6 Å². The molecule has 0 aromatic carbocycles. The van der Waals surface area contributed by atoms with Gasteiger partial charge in [-0.15, -0.1) is 0 Å². The molecule has 0 radical (unpaired) electrons. The Morgan fingerprint density at radius 2 is 1.93 bits per heavy atom. The van der Waals surface area contributed by atoms with Crippen LogP contribution in [0.2, 0.25) is 0 Å². The molecule has 3 nitrogen and oxygen atoms in total. The standard InChI is InChI=1S/C12H19NO2/c14-10-5-3-4-9(8-10)13-11-6-1-2-7-12(11)15/h11-12,15H,1-8H2/t11?,12-/m0/s1. The molecule has 0 saturated heterocycles. The monoisotopic (exact) mass is 209 g/mol. The molecule has 0 amide bonds. The van der Waals surface area contributed by atoms with E-state index in [1.54, 1.807) is 0 Å². The van der Waals surface area contributed by atoms with Crippen LogP contribution in [0, 0.1) is 0 Å². The number of nitrogens with zero attached hydrogens (tertiary/aromatic N) is 1. The van der Waals surface area contributed by atoms with Gasteiger partial charge in [-0.05, 0) is 25.7 Å². The minimum atomic E-state index is -0.275. The number of ketones is 1. The molecule has 2 atom stereocenters. The highest BCUT2D eigenvalue weighted by molar-refractivity contribution is 6.04. The van der Waals surface area contributed by atoms with Crippen LogP contribution < -0.4 is 0 Å². The van der Waals surface area contributed by atoms with Crippen LogP contribution in [-0.2, 0) is 4.79 Å². The number of rotatable bonds is 1. The average molecular weight is 209 g/mol. The minimum Gasteiger partial charge on any atom is -0.391 e. The number of aliphatic hydroxyl groups is 1. The summed E-state index contributed by atoms with van der Waals surface area (Å²) in [6.45, 7) is 0. The van der Waals surface area contributed by atoms with Crippen molar-refractivity contribution in [2.45, 2.75) is 63.5 Å². The maximum absolute atomic E-state index is 11.3. The van der Waals surface area contributed by atoms with Gasteiger partial charge in [0.25, 0.3) is 0 Å². The topological polar surface area (TPSA) is 49.7 Å². The second-order valence-corrected chi connectivity index (χ2v) is 4.68. The zero-order valence-electron chi connectivity index (χ0n) is 9.11. The van der Waals surface area contributed by atoms with Gasteiger partial charge in [0.2, 0.25) is 0 Å². The van der Waals surface area contributed by atoms with E-state index in [2.05, 4.69) is 4.99 Å². The van der Waals surface area contributed by atoms with E-state index in [-0.39, 0.29) is 12.1 Å². The van der Waals surface area contributed by atoms with Crippen LogP contribution in [0.15, 0.2) is 4.99 Å². The molecule has 84 valence electrons. The van der Waals surface area contributed by atoms with Crippen molar-refractivity contribution in [2.75, 3.05) is 0 Å². The quantitative estimate of drug-likeness (QED) is 0.716. The van der Waals surface area contributed by atoms with Crippen LogP contribution in [0.25, 0.3) is 0 Å². The van der Waals surface area contributed by atoms with Crippen molar-refractivity contribution in [1.82, 2.24) is 0 Å². The zero-order valence-corrected chi connectivity index (χ0v) is 9.11. The first-order valence-electron chi connectivity index (χ1n) is 6.01. The second-order valence-electron chi connectivity index (χ2n) is 4.68. The number of aliphatic hydroxyl groups excluding tert-OH is 1. The highest BCUT2D eigenvalue weighted by Gasteiger charge is 2.24. The van der Waals surface area contributed by atoms with E-state index in [9.17, 15) is 9.90 Å². The lowest BCUT2D eigenvalue weighted by atomic mass is 9.91. The molecule has 2 fully saturated rings. The summed E-state index contributed by atoms with van der Waals surface area (Å²) in [5, 5.41) is 9.77. The van der Waals surface area contributed by atoms with Crippen molar-refractivity contribution in [3.05, 3.63) is 0 Å². The van der Waals surface area contributed by atoms with Crippen LogP contribution in [0.4, 0.5) is 0 Å². The van der Waals surface area contributed by atoms with Crippen LogP contribution in [0.5, 0.6) is 0 Å². The number of carbonyl (C=O) groups excluding carboxylic acids is 1. The summed E-state index contributed by atoms with van der Waals surface area (Å²) in [4.78, 5) is 15.8. The molecule has 0 bridgehead atoms. The first-order valence-corrected chi connectivity index (χ1v) is 6.01. The highest BCUT2D eigenvalue weighted by atomic mass is 16.3. The van der Waals surface area contributed by atoms with Gasteiger partial charge in [-0.25, -0.2) is 0 Å². The maximum Gasteiger partial charge on any atom is 0.138 e. The van der Waals surface area contributed by atoms with Gasteiger partial charge in [0, 0.05) is 18.6 Å². The largest absolute Gasteiger partial charge is 0.391 e. The summed E-state index contributed by atoms with van der Waals surface area (Å²) in [6, 6.07) is 0.0691. The number of hydrogen-bond donors (Lipinski definition) is 1. The Morgan fingerprint density at radius 1 is 1.13 bits per heavy atom. The van der Waals surface area contributed by atoms with E-state index in [0.717, 1.165) is 44.2 Å². The van der Waals surface area contributed by atoms with E-state index in [1.165, 1.54) is 0 Å². The molecule has 0 aliphatic heterocycles. The normalized spacial score (nSPS) is 35.8. The molecule has 2 saturated carbocycles. The predicted octanol–water partition coefficient (Wildman–Crippen LogP) is 1.87. The third kappa shape index (κ3) is 2.88. The molecule has 1 unspecified atom stereocenters. The van der Waals surface area contributed by atoms with E-state index in [4.69, 9.17) is 0 Å². The fourth-order valence-corrected chi connectivity index (χ4v) is 2.48. The SMILES string of the molecule is O=C1CCCC(=NC2CCCC[C@@H]2O)C1. The van der Waals surface area contributed by atoms with Crippen molar-refractivity contribution in [1.29, 1.82) is 0 Å². The van der Waals surface area contributed by atoms with Crippen LogP contribution >= 0.6 is 0 Å². The molecular formula is C12H19NO2. The summed E-state index contributed by atoms with van der Waals surface area (Å²) < 4.78 is 0. The molecule has 0 aromatic rings. The lowest BCUT2D eigenvalue weighted by Crippen LogP contribution is -2.30. The van der Waals surface area contributed by atoms with Crippen molar-refractivity contribution < 1.29 is 9.90 Å². The van der Waals surface area contributed by atoms with Crippen molar-refractivity contribution in [3.8, 4) is 0 Å². The van der Waals surface area contributed by atoms with Gasteiger partial charge in [-0.3, -0.25) is 9.79 Å². The molecular weight excluding hydrogens is 190 g/mol. The smallest absolute Gasteiger partial charge is 0.138 e. The Morgan fingerprint density at radius 3 is 2.67 bits per heavy atom. The van der Waals surface area contributed by atoms with Gasteiger partial charge in [-0.1, -0.05) is 12.8 Å². The first-order chi connectivity index (χ1) is 7.25. The Kier molecular flexibility index (Phi) is 3.52.